The molecule has 0 aliphatic heterocycles. The van der Waals surface area contributed by atoms with Gasteiger partial charge in [-0.25, -0.2) is 0 Å². The van der Waals surface area contributed by atoms with Gasteiger partial charge in [0.05, 0.1) is 0 Å². The first-order chi connectivity index (χ1) is 14.2. The maximum Gasteiger partial charge on any atom is 0.0268 e. The third-order valence-electron chi connectivity index (χ3n) is 6.26. The quantitative estimate of drug-likeness (QED) is 0.479. The third-order valence-corrected chi connectivity index (χ3v) is 6.26. The van der Waals surface area contributed by atoms with E-state index in [-0.39, 0.29) is 6.04 Å². The molecular weight excluding hydrogens is 364 g/mol. The van der Waals surface area contributed by atoms with E-state index in [1.807, 2.05) is 0 Å². The average Bonchev–Trinajstić information content (AvgIpc) is 3.53. The van der Waals surface area contributed by atoms with Crippen LogP contribution in [0.2, 0.25) is 0 Å². The smallest absolute Gasteiger partial charge is 0.0268 e. The predicted octanol–water partition coefficient (Wildman–Crippen LogP) is 6.78. The Bertz CT molecular complexity index is 1000. The van der Waals surface area contributed by atoms with Gasteiger partial charge in [0, 0.05) is 18.3 Å². The number of aryl methyl sites for hydroxylation is 1. The van der Waals surface area contributed by atoms with Crippen molar-refractivity contribution < 1.29 is 0 Å². The van der Waals surface area contributed by atoms with Crippen molar-refractivity contribution in [3.05, 3.63) is 88.7 Å². The van der Waals surface area contributed by atoms with E-state index in [0.29, 0.717) is 6.04 Å². The lowest BCUT2D eigenvalue weighted by molar-refractivity contribution is 0.801. The van der Waals surface area contributed by atoms with Crippen molar-refractivity contribution in [1.82, 2.24) is 5.32 Å². The molecule has 3 N–H and O–H groups in total. The maximum atomic E-state index is 6.16. The number of hydrogen-bond acceptors (Lipinski definition) is 2. The van der Waals surface area contributed by atoms with Gasteiger partial charge in [0.2, 0.25) is 0 Å². The van der Waals surface area contributed by atoms with Crippen molar-refractivity contribution in [1.29, 1.82) is 0 Å². The molecule has 1 saturated carbocycles. The van der Waals surface area contributed by atoms with Crippen LogP contribution in [0, 0.1) is 13.8 Å². The first-order valence-electron chi connectivity index (χ1n) is 11.0. The van der Waals surface area contributed by atoms with Crippen LogP contribution >= 0.6 is 0 Å². The summed E-state index contributed by atoms with van der Waals surface area (Å²) in [6, 6.07) is 11.8. The highest BCUT2D eigenvalue weighted by molar-refractivity contribution is 5.85. The topological polar surface area (TPSA) is 38.0 Å². The van der Waals surface area contributed by atoms with Gasteiger partial charge in [-0.15, -0.1) is 0 Å². The molecule has 1 aliphatic carbocycles. The number of allylic oxidation sites excluding steroid dienone is 3. The number of benzene rings is 2. The lowest BCUT2D eigenvalue weighted by atomic mass is 9.86. The Morgan fingerprint density at radius 1 is 1.17 bits per heavy atom. The number of hydrogen-bond donors (Lipinski definition) is 2. The van der Waals surface area contributed by atoms with Crippen molar-refractivity contribution in [2.75, 3.05) is 0 Å². The van der Waals surface area contributed by atoms with E-state index in [4.69, 9.17) is 5.73 Å². The van der Waals surface area contributed by atoms with E-state index in [0.717, 1.165) is 23.1 Å². The molecule has 30 heavy (non-hydrogen) atoms. The van der Waals surface area contributed by atoms with Crippen LogP contribution in [0.15, 0.2) is 60.8 Å². The molecule has 3 rings (SSSR count). The zero-order valence-electron chi connectivity index (χ0n) is 19.2. The second-order valence-corrected chi connectivity index (χ2v) is 8.72. The van der Waals surface area contributed by atoms with E-state index in [9.17, 15) is 0 Å². The third kappa shape index (κ3) is 4.60. The van der Waals surface area contributed by atoms with Crippen LogP contribution in [0.1, 0.15) is 67.5 Å². The van der Waals surface area contributed by atoms with Crippen molar-refractivity contribution in [3.8, 4) is 11.1 Å². The Balaban J connectivity index is 1.98. The highest BCUT2D eigenvalue weighted by Crippen LogP contribution is 2.35. The first kappa shape index (κ1) is 22.1. The molecule has 2 aromatic carbocycles. The molecule has 1 fully saturated rings. The van der Waals surface area contributed by atoms with Gasteiger partial charge in [-0.3, -0.25) is 0 Å². The normalized spacial score (nSPS) is 15.1. The van der Waals surface area contributed by atoms with E-state index < -0.39 is 0 Å². The Labute approximate surface area is 182 Å². The van der Waals surface area contributed by atoms with Crippen LogP contribution in [-0.4, -0.2) is 6.04 Å². The number of nitrogens with two attached hydrogens (primary N) is 1. The fourth-order valence-corrected chi connectivity index (χ4v) is 4.05. The summed E-state index contributed by atoms with van der Waals surface area (Å²) in [5.74, 6) is 0. The van der Waals surface area contributed by atoms with Crippen LogP contribution < -0.4 is 11.1 Å². The summed E-state index contributed by atoms with van der Waals surface area (Å²) in [7, 11) is 0. The second-order valence-electron chi connectivity index (χ2n) is 8.72. The Morgan fingerprint density at radius 2 is 1.87 bits per heavy atom. The second kappa shape index (κ2) is 9.06. The first-order valence-corrected chi connectivity index (χ1v) is 11.0. The van der Waals surface area contributed by atoms with Crippen LogP contribution in [0.3, 0.4) is 0 Å². The molecule has 1 atom stereocenters. The van der Waals surface area contributed by atoms with Crippen LogP contribution in [0.5, 0.6) is 0 Å². The SMILES string of the molecule is C=C(C)/C(=C/NC1CC1)C(=C)c1ccc(-c2ccc([C@@H](C)N)c(CC)c2)c(C)c1C. The van der Waals surface area contributed by atoms with Crippen molar-refractivity contribution in [3.63, 3.8) is 0 Å². The molecule has 0 spiro atoms. The molecule has 0 aromatic heterocycles. The molecule has 2 heteroatoms. The molecule has 0 unspecified atom stereocenters. The Morgan fingerprint density at radius 3 is 2.43 bits per heavy atom. The summed E-state index contributed by atoms with van der Waals surface area (Å²) in [5.41, 5.74) is 18.2. The van der Waals surface area contributed by atoms with Gasteiger partial charge < -0.3 is 11.1 Å². The lowest BCUT2D eigenvalue weighted by Gasteiger charge is -2.19. The Kier molecular flexibility index (Phi) is 6.67. The zero-order valence-corrected chi connectivity index (χ0v) is 19.2. The molecule has 0 amide bonds. The van der Waals surface area contributed by atoms with E-state index in [2.05, 4.69) is 89.6 Å². The largest absolute Gasteiger partial charge is 0.388 e. The Hall–Kier alpha value is -2.58. The number of nitrogens with one attached hydrogen (secondary N) is 1. The van der Waals surface area contributed by atoms with Crippen LogP contribution in [0.4, 0.5) is 0 Å². The monoisotopic (exact) mass is 400 g/mol. The minimum atomic E-state index is 0.0548. The highest BCUT2D eigenvalue weighted by Gasteiger charge is 2.20. The fraction of sp³-hybridized carbons (Fsp3) is 0.357. The summed E-state index contributed by atoms with van der Waals surface area (Å²) in [6.07, 6.45) is 5.59. The van der Waals surface area contributed by atoms with Gasteiger partial charge in [0.25, 0.3) is 0 Å². The molecule has 0 saturated heterocycles. The van der Waals surface area contributed by atoms with Gasteiger partial charge in [-0.05, 0) is 103 Å². The van der Waals surface area contributed by atoms with E-state index in [1.165, 1.54) is 51.8 Å². The molecule has 0 radical (unpaired) electrons. The van der Waals surface area contributed by atoms with Gasteiger partial charge in [0.15, 0.2) is 0 Å². The average molecular weight is 401 g/mol. The van der Waals surface area contributed by atoms with Crippen LogP contribution in [-0.2, 0) is 6.42 Å². The zero-order chi connectivity index (χ0) is 22.0. The molecular formula is C28H36N2. The minimum Gasteiger partial charge on any atom is -0.388 e. The number of rotatable bonds is 8. The predicted molar refractivity (Wildman–Crippen MR) is 131 cm³/mol. The molecule has 2 aromatic rings. The summed E-state index contributed by atoms with van der Waals surface area (Å²) in [4.78, 5) is 0. The van der Waals surface area contributed by atoms with Gasteiger partial charge in [-0.1, -0.05) is 50.4 Å². The molecule has 0 bridgehead atoms. The molecule has 0 heterocycles. The van der Waals surface area contributed by atoms with Gasteiger partial charge >= 0.3 is 0 Å². The van der Waals surface area contributed by atoms with E-state index in [1.54, 1.807) is 0 Å². The molecule has 158 valence electrons. The lowest BCUT2D eigenvalue weighted by Crippen LogP contribution is -2.09. The summed E-state index contributed by atoms with van der Waals surface area (Å²) in [6.45, 7) is 19.3. The summed E-state index contributed by atoms with van der Waals surface area (Å²) < 4.78 is 0. The minimum absolute atomic E-state index is 0.0548. The van der Waals surface area contributed by atoms with Crippen molar-refractivity contribution >= 4 is 5.57 Å². The van der Waals surface area contributed by atoms with Crippen LogP contribution in [0.25, 0.3) is 16.7 Å². The van der Waals surface area contributed by atoms with Gasteiger partial charge in [-0.2, -0.15) is 0 Å². The summed E-state index contributed by atoms with van der Waals surface area (Å²) in [5, 5.41) is 3.49. The summed E-state index contributed by atoms with van der Waals surface area (Å²) >= 11 is 0. The van der Waals surface area contributed by atoms with E-state index >= 15 is 0 Å². The fourth-order valence-electron chi connectivity index (χ4n) is 4.05. The van der Waals surface area contributed by atoms with Crippen molar-refractivity contribution in [2.45, 2.75) is 66.0 Å². The highest BCUT2D eigenvalue weighted by atomic mass is 14.9. The van der Waals surface area contributed by atoms with Crippen molar-refractivity contribution in [2.24, 2.45) is 5.73 Å². The molecule has 1 aliphatic rings. The molecule has 2 nitrogen and oxygen atoms in total. The standard InChI is InChI=1S/C28H36N2/c1-8-22-15-23(9-12-27(22)21(7)29)26-14-13-25(18(4)19(26)5)20(6)28(17(2)3)16-30-24-10-11-24/h9,12-16,21,24,30H,2,6,8,10-11,29H2,1,3-5,7H3/b28-16-/t21-/m1/s1. The van der Waals surface area contributed by atoms with Gasteiger partial charge in [0.1, 0.15) is 0 Å². The maximum absolute atomic E-state index is 6.16.